The first-order valence-corrected chi connectivity index (χ1v) is 6.06. The van der Waals surface area contributed by atoms with Crippen LogP contribution in [-0.4, -0.2) is 5.91 Å². The van der Waals surface area contributed by atoms with Gasteiger partial charge >= 0.3 is 0 Å². The summed E-state index contributed by atoms with van der Waals surface area (Å²) in [5.41, 5.74) is 4.54. The fraction of sp³-hybridized carbons (Fsp3) is 0.188. The Morgan fingerprint density at radius 3 is 2.39 bits per heavy atom. The topological polar surface area (TPSA) is 29.1 Å². The SMILES string of the molecule is CC(=O)Nc1ccc(Cc2ccccc2)cc1C. The molecule has 0 bridgehead atoms. The molecule has 0 aromatic heterocycles. The van der Waals surface area contributed by atoms with Crippen LogP contribution < -0.4 is 5.32 Å². The van der Waals surface area contributed by atoms with Crippen LogP contribution in [0.5, 0.6) is 0 Å². The second-order valence-corrected chi connectivity index (χ2v) is 4.49. The molecule has 18 heavy (non-hydrogen) atoms. The molecule has 2 heteroatoms. The lowest BCUT2D eigenvalue weighted by atomic mass is 10.0. The molecule has 0 aliphatic rings. The molecule has 1 amide bonds. The highest BCUT2D eigenvalue weighted by atomic mass is 16.1. The molecule has 0 heterocycles. The third-order valence-corrected chi connectivity index (χ3v) is 2.85. The van der Waals surface area contributed by atoms with E-state index < -0.39 is 0 Å². The van der Waals surface area contributed by atoms with Crippen molar-refractivity contribution in [1.82, 2.24) is 0 Å². The molecule has 0 radical (unpaired) electrons. The van der Waals surface area contributed by atoms with Gasteiger partial charge in [-0.25, -0.2) is 0 Å². The van der Waals surface area contributed by atoms with Gasteiger partial charge in [-0.1, -0.05) is 42.5 Å². The highest BCUT2D eigenvalue weighted by Crippen LogP contribution is 2.18. The van der Waals surface area contributed by atoms with Crippen LogP contribution in [-0.2, 0) is 11.2 Å². The van der Waals surface area contributed by atoms with E-state index in [0.717, 1.165) is 17.7 Å². The van der Waals surface area contributed by atoms with E-state index in [9.17, 15) is 4.79 Å². The van der Waals surface area contributed by atoms with Gasteiger partial charge in [0.15, 0.2) is 0 Å². The summed E-state index contributed by atoms with van der Waals surface area (Å²) in [7, 11) is 0. The van der Waals surface area contributed by atoms with Gasteiger partial charge in [0.2, 0.25) is 5.91 Å². The molecule has 0 saturated heterocycles. The monoisotopic (exact) mass is 239 g/mol. The molecule has 0 fully saturated rings. The molecule has 2 aromatic carbocycles. The van der Waals surface area contributed by atoms with Crippen LogP contribution in [0.3, 0.4) is 0 Å². The van der Waals surface area contributed by atoms with Crippen molar-refractivity contribution in [3.05, 3.63) is 65.2 Å². The Hall–Kier alpha value is -2.09. The maximum atomic E-state index is 11.0. The fourth-order valence-electron chi connectivity index (χ4n) is 2.00. The Morgan fingerprint density at radius 1 is 1.06 bits per heavy atom. The average molecular weight is 239 g/mol. The number of aryl methyl sites for hydroxylation is 1. The van der Waals surface area contributed by atoms with Crippen molar-refractivity contribution in [2.75, 3.05) is 5.32 Å². The molecule has 2 nitrogen and oxygen atoms in total. The van der Waals surface area contributed by atoms with Crippen LogP contribution in [0, 0.1) is 6.92 Å². The van der Waals surface area contributed by atoms with Gasteiger partial charge < -0.3 is 5.32 Å². The summed E-state index contributed by atoms with van der Waals surface area (Å²) < 4.78 is 0. The zero-order valence-electron chi connectivity index (χ0n) is 10.7. The molecule has 0 saturated carbocycles. The van der Waals surface area contributed by atoms with E-state index in [4.69, 9.17) is 0 Å². The van der Waals surface area contributed by atoms with Crippen LogP contribution in [0.15, 0.2) is 48.5 Å². The Balaban J connectivity index is 2.16. The van der Waals surface area contributed by atoms with Crippen LogP contribution in [0.1, 0.15) is 23.6 Å². The second kappa shape index (κ2) is 5.50. The van der Waals surface area contributed by atoms with Gasteiger partial charge in [-0.3, -0.25) is 4.79 Å². The lowest BCUT2D eigenvalue weighted by Crippen LogP contribution is -2.07. The fourth-order valence-corrected chi connectivity index (χ4v) is 2.00. The van der Waals surface area contributed by atoms with Crippen LogP contribution in [0.2, 0.25) is 0 Å². The predicted molar refractivity (Wildman–Crippen MR) is 74.7 cm³/mol. The molecule has 2 aromatic rings. The van der Waals surface area contributed by atoms with Gasteiger partial charge in [0, 0.05) is 12.6 Å². The van der Waals surface area contributed by atoms with E-state index in [1.807, 2.05) is 31.2 Å². The normalized spacial score (nSPS) is 10.1. The van der Waals surface area contributed by atoms with E-state index >= 15 is 0 Å². The highest BCUT2D eigenvalue weighted by molar-refractivity contribution is 5.89. The predicted octanol–water partition coefficient (Wildman–Crippen LogP) is 3.54. The summed E-state index contributed by atoms with van der Waals surface area (Å²) in [6, 6.07) is 16.5. The standard InChI is InChI=1S/C16H17NO/c1-12-10-15(8-9-16(12)17-13(2)18)11-14-6-4-3-5-7-14/h3-10H,11H2,1-2H3,(H,17,18). The van der Waals surface area contributed by atoms with Gasteiger partial charge in [0.05, 0.1) is 0 Å². The van der Waals surface area contributed by atoms with Gasteiger partial charge in [-0.2, -0.15) is 0 Å². The van der Waals surface area contributed by atoms with Crippen molar-refractivity contribution in [3.63, 3.8) is 0 Å². The Bertz CT molecular complexity index is 546. The van der Waals surface area contributed by atoms with Gasteiger partial charge in [0.25, 0.3) is 0 Å². The van der Waals surface area contributed by atoms with Crippen molar-refractivity contribution in [2.45, 2.75) is 20.3 Å². The molecule has 0 aliphatic heterocycles. The minimum Gasteiger partial charge on any atom is -0.326 e. The van der Waals surface area contributed by atoms with E-state index in [2.05, 4.69) is 29.6 Å². The van der Waals surface area contributed by atoms with E-state index in [-0.39, 0.29) is 5.91 Å². The highest BCUT2D eigenvalue weighted by Gasteiger charge is 2.02. The smallest absolute Gasteiger partial charge is 0.221 e. The van der Waals surface area contributed by atoms with Crippen LogP contribution >= 0.6 is 0 Å². The Kier molecular flexibility index (Phi) is 3.78. The quantitative estimate of drug-likeness (QED) is 0.872. The van der Waals surface area contributed by atoms with Crippen molar-refractivity contribution in [3.8, 4) is 0 Å². The maximum Gasteiger partial charge on any atom is 0.221 e. The van der Waals surface area contributed by atoms with Gasteiger partial charge in [0.1, 0.15) is 0 Å². The minimum atomic E-state index is -0.0334. The van der Waals surface area contributed by atoms with Gasteiger partial charge in [-0.05, 0) is 36.1 Å². The number of carbonyl (C=O) groups excluding carboxylic acids is 1. The second-order valence-electron chi connectivity index (χ2n) is 4.49. The van der Waals surface area contributed by atoms with Crippen LogP contribution in [0.25, 0.3) is 0 Å². The molecular formula is C16H17NO. The molecule has 0 atom stereocenters. The maximum absolute atomic E-state index is 11.0. The van der Waals surface area contributed by atoms with Crippen molar-refractivity contribution >= 4 is 11.6 Å². The molecular weight excluding hydrogens is 222 g/mol. The number of hydrogen-bond donors (Lipinski definition) is 1. The van der Waals surface area contributed by atoms with Gasteiger partial charge in [-0.15, -0.1) is 0 Å². The van der Waals surface area contributed by atoms with E-state index in [0.29, 0.717) is 0 Å². The number of carbonyl (C=O) groups is 1. The lowest BCUT2D eigenvalue weighted by Gasteiger charge is -2.09. The van der Waals surface area contributed by atoms with Crippen molar-refractivity contribution in [1.29, 1.82) is 0 Å². The summed E-state index contributed by atoms with van der Waals surface area (Å²) in [6.45, 7) is 3.54. The molecule has 1 N–H and O–H groups in total. The number of amides is 1. The Labute approximate surface area is 108 Å². The lowest BCUT2D eigenvalue weighted by molar-refractivity contribution is -0.114. The minimum absolute atomic E-state index is 0.0334. The Morgan fingerprint density at radius 2 is 1.78 bits per heavy atom. The summed E-state index contributed by atoms with van der Waals surface area (Å²) in [6.07, 6.45) is 0.919. The number of hydrogen-bond acceptors (Lipinski definition) is 1. The third-order valence-electron chi connectivity index (χ3n) is 2.85. The number of nitrogens with one attached hydrogen (secondary N) is 1. The first-order chi connectivity index (χ1) is 8.65. The zero-order valence-corrected chi connectivity index (χ0v) is 10.7. The largest absolute Gasteiger partial charge is 0.326 e. The van der Waals surface area contributed by atoms with Crippen LogP contribution in [0.4, 0.5) is 5.69 Å². The summed E-state index contributed by atoms with van der Waals surface area (Å²) >= 11 is 0. The molecule has 2 rings (SSSR count). The van der Waals surface area contributed by atoms with E-state index in [1.165, 1.54) is 18.1 Å². The number of rotatable bonds is 3. The summed E-state index contributed by atoms with van der Waals surface area (Å²) in [5.74, 6) is -0.0334. The average Bonchev–Trinajstić information content (AvgIpc) is 2.33. The zero-order chi connectivity index (χ0) is 13.0. The molecule has 0 aliphatic carbocycles. The number of anilines is 1. The first kappa shape index (κ1) is 12.4. The summed E-state index contributed by atoms with van der Waals surface area (Å²) in [4.78, 5) is 11.0. The summed E-state index contributed by atoms with van der Waals surface area (Å²) in [5, 5.41) is 2.83. The van der Waals surface area contributed by atoms with E-state index in [1.54, 1.807) is 0 Å². The first-order valence-electron chi connectivity index (χ1n) is 6.06. The molecule has 92 valence electrons. The number of benzene rings is 2. The molecule has 0 unspecified atom stereocenters. The third kappa shape index (κ3) is 3.20. The van der Waals surface area contributed by atoms with Crippen molar-refractivity contribution < 1.29 is 4.79 Å². The van der Waals surface area contributed by atoms with Crippen molar-refractivity contribution in [2.24, 2.45) is 0 Å². The molecule has 0 spiro atoms.